The number of nitrogens with zero attached hydrogens (tertiary/aromatic N) is 6. The van der Waals surface area contributed by atoms with Crippen LogP contribution in [0.5, 0.6) is 23.0 Å². The summed E-state index contributed by atoms with van der Waals surface area (Å²) in [6.45, 7) is 1.98. The molecule has 13 aromatic rings. The summed E-state index contributed by atoms with van der Waals surface area (Å²) in [5, 5.41) is 55.6. The molecule has 0 aliphatic heterocycles. The average molecular weight is 1480 g/mol. The van der Waals surface area contributed by atoms with Gasteiger partial charge in [-0.1, -0.05) is 53.6 Å². The van der Waals surface area contributed by atoms with Crippen LogP contribution in [0.3, 0.4) is 0 Å². The van der Waals surface area contributed by atoms with Gasteiger partial charge in [-0.15, -0.1) is 5.10 Å². The van der Waals surface area contributed by atoms with Gasteiger partial charge in [0, 0.05) is 26.2 Å². The molecule has 8 aromatic carbocycles. The number of hydrogen-bond acceptors (Lipinski definition) is 19. The number of aromatic nitrogens is 10. The number of carbonyl (C=O) groups excluding carboxylic acids is 2. The second-order valence-corrected chi connectivity index (χ2v) is 22.6. The molecule has 29 nitrogen and oxygen atoms in total. The summed E-state index contributed by atoms with van der Waals surface area (Å²) < 4.78 is 82.5. The molecule has 5 heterocycles. The van der Waals surface area contributed by atoms with E-state index in [1.165, 1.54) is 49.1 Å². The van der Waals surface area contributed by atoms with E-state index in [9.17, 15) is 31.9 Å². The van der Waals surface area contributed by atoms with E-state index < -0.39 is 41.1 Å². The van der Waals surface area contributed by atoms with Gasteiger partial charge in [-0.3, -0.25) is 51.7 Å². The number of nitrogens with two attached hydrogens (primary N) is 1. The van der Waals surface area contributed by atoms with E-state index in [1.807, 2.05) is 97.1 Å². The number of thiocarbonyl (C=S) groups is 3. The monoisotopic (exact) mass is 1480 g/mol. The number of carbonyl (C=O) groups is 3. The Labute approximate surface area is 603 Å². The van der Waals surface area contributed by atoms with Crippen molar-refractivity contribution in [1.29, 1.82) is 0 Å². The number of methoxy groups -OCH3 is 4. The maximum absolute atomic E-state index is 14.5. The minimum absolute atomic E-state index is 0.105. The fourth-order valence-corrected chi connectivity index (χ4v) is 9.69. The van der Waals surface area contributed by atoms with Crippen LogP contribution in [0.4, 0.5) is 23.6 Å². The standard InChI is InChI=1S/2C17H16FN5O2S.C17H14FN5O2.C9H13N3OS.C8H5FN2O2/c2*1-25-11-4-2-3-10(7-11)8-19-17(26)23-22-16(24)12-5-6-14-13(15(12)18)9-20-21-14;1-24-11-4-2-3-10(7-11)8-19-17-23-22-16(25-17)12-5-6-14-13(15(12)18)9-20-21-14;1-13-8-4-2-3-7(5-8)6-11-9(14)12-10;9-7-4(8(12)13)1-2-6-5(7)3-10-11-6/h2*2-7,9H,8H2,1H3,(H,20,21)(H,22,24)(H2,19,23,26);2-7,9H,8H2,1H3,(H,19,23)(H,20,21);2-5H,6,10H2,1H3,(H2,11,12,14);1-3H,(H,10,11)(H,12,13). The fourth-order valence-electron chi connectivity index (χ4n) is 9.37. The molecule has 0 unspecified atom stereocenters. The van der Waals surface area contributed by atoms with E-state index in [-0.39, 0.29) is 60.5 Å². The van der Waals surface area contributed by atoms with Crippen LogP contribution >= 0.6 is 36.7 Å². The van der Waals surface area contributed by atoms with E-state index in [1.54, 1.807) is 52.7 Å². The van der Waals surface area contributed by atoms with Gasteiger partial charge in [-0.05, 0) is 156 Å². The molecule has 16 N–H and O–H groups in total. The van der Waals surface area contributed by atoms with Gasteiger partial charge in [0.15, 0.2) is 15.3 Å². The van der Waals surface area contributed by atoms with Crippen LogP contribution in [0.1, 0.15) is 53.3 Å². The molecule has 36 heteroatoms. The maximum Gasteiger partial charge on any atom is 0.338 e. The lowest BCUT2D eigenvalue weighted by Gasteiger charge is -2.12. The Morgan fingerprint density at radius 1 is 0.452 bits per heavy atom. The second kappa shape index (κ2) is 36.9. The number of carboxylic acids is 1. The number of rotatable bonds is 17. The molecular formula is C68H64F4N20O9S3. The van der Waals surface area contributed by atoms with Crippen LogP contribution in [0.2, 0.25) is 0 Å². The van der Waals surface area contributed by atoms with E-state index in [0.29, 0.717) is 58.7 Å². The van der Waals surface area contributed by atoms with Gasteiger partial charge in [-0.25, -0.2) is 28.2 Å². The number of H-pyrrole nitrogens is 4. The minimum Gasteiger partial charge on any atom is -0.497 e. The predicted molar refractivity (Wildman–Crippen MR) is 391 cm³/mol. The van der Waals surface area contributed by atoms with Crippen molar-refractivity contribution in [2.75, 3.05) is 33.8 Å². The lowest BCUT2D eigenvalue weighted by molar-refractivity contribution is 0.0691. The number of anilines is 1. The zero-order valence-electron chi connectivity index (χ0n) is 55.2. The van der Waals surface area contributed by atoms with Crippen LogP contribution in [0.15, 0.2) is 175 Å². The SMILES string of the molecule is COc1cccc(CNC(=S)NN)c1.COc1cccc(CNC(=S)NNC(=O)c2ccc3[nH]ncc3c2F)c1.COc1cccc(CNC(=S)NNC(=O)c2ccc3[nH]ncc3c2F)c1.COc1cccc(CNc2nnc(-c3ccc4[nH]ncc4c3F)o2)c1.O=C(O)c1ccc2[nH]ncc2c1F. The minimum atomic E-state index is -1.28. The highest BCUT2D eigenvalue weighted by molar-refractivity contribution is 7.80. The molecule has 0 atom stereocenters. The van der Waals surface area contributed by atoms with Crippen LogP contribution in [-0.4, -0.2) is 118 Å². The normalized spacial score (nSPS) is 10.4. The van der Waals surface area contributed by atoms with Gasteiger partial charge >= 0.3 is 12.0 Å². The second-order valence-electron chi connectivity index (χ2n) is 21.4. The molecule has 13 rings (SSSR count). The van der Waals surface area contributed by atoms with Crippen LogP contribution in [0, 0.1) is 23.3 Å². The summed E-state index contributed by atoms with van der Waals surface area (Å²) in [5.41, 5.74) is 18.0. The first kappa shape index (κ1) is 75.1. The van der Waals surface area contributed by atoms with Crippen molar-refractivity contribution in [2.45, 2.75) is 26.2 Å². The van der Waals surface area contributed by atoms with E-state index in [0.717, 1.165) is 45.3 Å². The zero-order chi connectivity index (χ0) is 74.1. The number of aromatic amines is 4. The summed E-state index contributed by atoms with van der Waals surface area (Å²) in [5.74, 6) is 3.23. The van der Waals surface area contributed by atoms with Crippen molar-refractivity contribution in [3.05, 3.63) is 233 Å². The molecule has 0 saturated heterocycles. The lowest BCUT2D eigenvalue weighted by atomic mass is 10.1. The Kier molecular flexibility index (Phi) is 26.6. The highest BCUT2D eigenvalue weighted by Gasteiger charge is 2.20. The molecule has 0 saturated carbocycles. The van der Waals surface area contributed by atoms with Crippen molar-refractivity contribution in [3.8, 4) is 34.5 Å². The molecule has 0 radical (unpaired) electrons. The summed E-state index contributed by atoms with van der Waals surface area (Å²) in [6, 6.07) is 42.4. The Morgan fingerprint density at radius 3 is 1.17 bits per heavy atom. The van der Waals surface area contributed by atoms with Crippen molar-refractivity contribution in [2.24, 2.45) is 5.84 Å². The zero-order valence-corrected chi connectivity index (χ0v) is 57.7. The highest BCUT2D eigenvalue weighted by atomic mass is 32.1. The summed E-state index contributed by atoms with van der Waals surface area (Å²) >= 11 is 15.0. The van der Waals surface area contributed by atoms with Gasteiger partial charge in [0.2, 0.25) is 0 Å². The number of aromatic carboxylic acids is 1. The maximum atomic E-state index is 14.5. The Balaban J connectivity index is 0.000000155. The summed E-state index contributed by atoms with van der Waals surface area (Å²) in [4.78, 5) is 34.8. The van der Waals surface area contributed by atoms with Gasteiger partial charge in [-0.2, -0.15) is 20.4 Å². The number of halogens is 4. The van der Waals surface area contributed by atoms with Crippen molar-refractivity contribution >= 4 is 119 Å². The van der Waals surface area contributed by atoms with E-state index in [2.05, 4.69) is 99.4 Å². The topological polar surface area (TPSA) is 396 Å². The number of fused-ring (bicyclic) bond motifs is 4. The molecule has 0 spiro atoms. The first-order chi connectivity index (χ1) is 50.4. The van der Waals surface area contributed by atoms with Crippen LogP contribution in [0.25, 0.3) is 55.1 Å². The lowest BCUT2D eigenvalue weighted by Crippen LogP contribution is -2.46. The Bertz CT molecular complexity index is 5000. The molecule has 2 amide bonds. The molecule has 104 heavy (non-hydrogen) atoms. The molecular weight excluding hydrogens is 1410 g/mol. The number of nitrogens with one attached hydrogen (secondary N) is 13. The fraction of sp³-hybridized carbons (Fsp3) is 0.118. The molecule has 0 aliphatic carbocycles. The predicted octanol–water partition coefficient (Wildman–Crippen LogP) is 9.35. The number of benzene rings is 8. The van der Waals surface area contributed by atoms with Crippen molar-refractivity contribution in [1.82, 2.24) is 94.1 Å². The number of hydrogen-bond donors (Lipinski definition) is 15. The molecule has 0 bridgehead atoms. The van der Waals surface area contributed by atoms with E-state index >= 15 is 0 Å². The number of ether oxygens (including phenoxy) is 4. The molecule has 0 fully saturated rings. The van der Waals surface area contributed by atoms with Crippen LogP contribution in [-0.2, 0) is 26.2 Å². The quantitative estimate of drug-likeness (QED) is 0.0175. The highest BCUT2D eigenvalue weighted by Crippen LogP contribution is 2.29. The van der Waals surface area contributed by atoms with Gasteiger partial charge in [0.1, 0.15) is 46.3 Å². The van der Waals surface area contributed by atoms with Gasteiger partial charge in [0.05, 0.1) is 119 Å². The number of carboxylic acid groups (broad SMARTS) is 1. The van der Waals surface area contributed by atoms with Crippen molar-refractivity contribution < 1.29 is 60.4 Å². The summed E-state index contributed by atoms with van der Waals surface area (Å²) in [6.07, 6.45) is 5.34. The number of hydrazine groups is 3. The summed E-state index contributed by atoms with van der Waals surface area (Å²) in [7, 11) is 6.43. The molecule has 0 aliphatic rings. The third kappa shape index (κ3) is 20.3. The Hall–Kier alpha value is -13.1. The van der Waals surface area contributed by atoms with Gasteiger partial charge in [0.25, 0.3) is 17.7 Å². The first-order valence-corrected chi connectivity index (χ1v) is 31.8. The van der Waals surface area contributed by atoms with E-state index in [4.69, 9.17) is 71.0 Å². The first-order valence-electron chi connectivity index (χ1n) is 30.6. The van der Waals surface area contributed by atoms with Crippen LogP contribution < -0.4 is 73.2 Å². The smallest absolute Gasteiger partial charge is 0.338 e. The third-order valence-corrected chi connectivity index (χ3v) is 15.4. The third-order valence-electron chi connectivity index (χ3n) is 14.7. The van der Waals surface area contributed by atoms with Gasteiger partial charge < -0.3 is 55.2 Å². The Morgan fingerprint density at radius 2 is 0.798 bits per heavy atom. The average Bonchev–Trinajstić information content (AvgIpc) is 1.61. The molecule has 5 aromatic heterocycles. The van der Waals surface area contributed by atoms with Crippen molar-refractivity contribution in [3.63, 3.8) is 0 Å². The molecule has 536 valence electrons. The number of amides is 2. The largest absolute Gasteiger partial charge is 0.497 e.